The second-order valence-corrected chi connectivity index (χ2v) is 6.89. The molecule has 7 nitrogen and oxygen atoms in total. The van der Waals surface area contributed by atoms with Gasteiger partial charge in [0, 0.05) is 25.1 Å². The maximum Gasteiger partial charge on any atom is 0.303 e. The summed E-state index contributed by atoms with van der Waals surface area (Å²) in [5, 5.41) is 11.7. The SMILES string of the molecule is CCOc1ccccc1N1CC(C(=O)Nc2cccc(CCC(=O)O)c2)CC1=O. The van der Waals surface area contributed by atoms with Crippen LogP contribution >= 0.6 is 0 Å². The molecule has 2 aromatic rings. The number of anilines is 2. The Balaban J connectivity index is 1.67. The van der Waals surface area contributed by atoms with Crippen molar-refractivity contribution < 1.29 is 24.2 Å². The fourth-order valence-corrected chi connectivity index (χ4v) is 3.37. The topological polar surface area (TPSA) is 95.9 Å². The van der Waals surface area contributed by atoms with Gasteiger partial charge in [-0.05, 0) is 43.2 Å². The number of aliphatic carboxylic acids is 1. The number of carboxylic acids is 1. The van der Waals surface area contributed by atoms with Gasteiger partial charge in [-0.25, -0.2) is 0 Å². The van der Waals surface area contributed by atoms with E-state index in [9.17, 15) is 14.4 Å². The molecule has 0 saturated carbocycles. The maximum atomic E-state index is 12.7. The number of aryl methyl sites for hydroxylation is 1. The molecule has 0 spiro atoms. The van der Waals surface area contributed by atoms with Crippen LogP contribution in [0.1, 0.15) is 25.3 Å². The molecule has 7 heteroatoms. The zero-order valence-corrected chi connectivity index (χ0v) is 16.3. The third-order valence-electron chi connectivity index (χ3n) is 4.77. The van der Waals surface area contributed by atoms with Crippen molar-refractivity contribution in [3.8, 4) is 5.75 Å². The molecule has 3 rings (SSSR count). The van der Waals surface area contributed by atoms with Crippen molar-refractivity contribution in [2.45, 2.75) is 26.2 Å². The van der Waals surface area contributed by atoms with Crippen LogP contribution in [0.25, 0.3) is 0 Å². The minimum atomic E-state index is -0.865. The molecule has 2 amide bonds. The Labute approximate surface area is 169 Å². The zero-order valence-electron chi connectivity index (χ0n) is 16.3. The van der Waals surface area contributed by atoms with E-state index in [0.717, 1.165) is 5.56 Å². The summed E-state index contributed by atoms with van der Waals surface area (Å²) in [6.07, 6.45) is 0.552. The van der Waals surface area contributed by atoms with Crippen molar-refractivity contribution in [2.24, 2.45) is 5.92 Å². The molecular formula is C22H24N2O5. The van der Waals surface area contributed by atoms with Gasteiger partial charge in [-0.3, -0.25) is 14.4 Å². The van der Waals surface area contributed by atoms with Gasteiger partial charge in [0.15, 0.2) is 0 Å². The molecule has 0 aliphatic carbocycles. The lowest BCUT2D eigenvalue weighted by Crippen LogP contribution is -2.28. The molecule has 1 unspecified atom stereocenters. The number of nitrogens with one attached hydrogen (secondary N) is 1. The van der Waals surface area contributed by atoms with Gasteiger partial charge < -0.3 is 20.1 Å². The second kappa shape index (κ2) is 9.23. The molecule has 2 N–H and O–H groups in total. The molecule has 1 atom stereocenters. The fraction of sp³-hybridized carbons (Fsp3) is 0.318. The minimum absolute atomic E-state index is 0.0305. The summed E-state index contributed by atoms with van der Waals surface area (Å²) >= 11 is 0. The summed E-state index contributed by atoms with van der Waals surface area (Å²) in [5.41, 5.74) is 2.10. The number of nitrogens with zero attached hydrogens (tertiary/aromatic N) is 1. The van der Waals surface area contributed by atoms with Gasteiger partial charge in [-0.1, -0.05) is 24.3 Å². The highest BCUT2D eigenvalue weighted by Crippen LogP contribution is 2.33. The molecule has 29 heavy (non-hydrogen) atoms. The Morgan fingerprint density at radius 2 is 2.00 bits per heavy atom. The zero-order chi connectivity index (χ0) is 20.8. The molecule has 1 aliphatic rings. The fourth-order valence-electron chi connectivity index (χ4n) is 3.37. The van der Waals surface area contributed by atoms with Gasteiger partial charge in [0.2, 0.25) is 11.8 Å². The van der Waals surface area contributed by atoms with Crippen molar-refractivity contribution in [3.05, 3.63) is 54.1 Å². The lowest BCUT2D eigenvalue weighted by molar-refractivity contribution is -0.137. The Morgan fingerprint density at radius 1 is 1.21 bits per heavy atom. The lowest BCUT2D eigenvalue weighted by atomic mass is 10.1. The predicted molar refractivity (Wildman–Crippen MR) is 109 cm³/mol. The van der Waals surface area contributed by atoms with Gasteiger partial charge in [-0.2, -0.15) is 0 Å². The minimum Gasteiger partial charge on any atom is -0.492 e. The van der Waals surface area contributed by atoms with E-state index in [0.29, 0.717) is 30.2 Å². The van der Waals surface area contributed by atoms with Crippen molar-refractivity contribution in [2.75, 3.05) is 23.4 Å². The molecule has 0 aromatic heterocycles. The highest BCUT2D eigenvalue weighted by atomic mass is 16.5. The largest absolute Gasteiger partial charge is 0.492 e. The predicted octanol–water partition coefficient (Wildman–Crippen LogP) is 3.09. The summed E-state index contributed by atoms with van der Waals surface area (Å²) in [6.45, 7) is 2.65. The number of benzene rings is 2. The second-order valence-electron chi connectivity index (χ2n) is 6.89. The van der Waals surface area contributed by atoms with Gasteiger partial charge in [0.1, 0.15) is 5.75 Å². The molecule has 152 valence electrons. The summed E-state index contributed by atoms with van der Waals surface area (Å²) in [6, 6.07) is 14.4. The average Bonchev–Trinajstić information content (AvgIpc) is 3.09. The highest BCUT2D eigenvalue weighted by molar-refractivity contribution is 6.04. The Morgan fingerprint density at radius 3 is 2.76 bits per heavy atom. The van der Waals surface area contributed by atoms with Crippen LogP contribution < -0.4 is 15.0 Å². The van der Waals surface area contributed by atoms with E-state index in [-0.39, 0.29) is 31.2 Å². The van der Waals surface area contributed by atoms with Crippen LogP contribution in [0.4, 0.5) is 11.4 Å². The normalized spacial score (nSPS) is 16.0. The molecule has 1 fully saturated rings. The van der Waals surface area contributed by atoms with Crippen molar-refractivity contribution >= 4 is 29.2 Å². The molecule has 1 aliphatic heterocycles. The van der Waals surface area contributed by atoms with E-state index >= 15 is 0 Å². The van der Waals surface area contributed by atoms with Crippen LogP contribution in [0.3, 0.4) is 0 Å². The third kappa shape index (κ3) is 5.13. The molecule has 0 radical (unpaired) electrons. The number of rotatable bonds is 8. The Hall–Kier alpha value is -3.35. The van der Waals surface area contributed by atoms with Crippen LogP contribution in [0.15, 0.2) is 48.5 Å². The van der Waals surface area contributed by atoms with Gasteiger partial charge >= 0.3 is 5.97 Å². The van der Waals surface area contributed by atoms with E-state index < -0.39 is 11.9 Å². The number of ether oxygens (including phenoxy) is 1. The number of amides is 2. The summed E-state index contributed by atoms with van der Waals surface area (Å²) in [7, 11) is 0. The van der Waals surface area contributed by atoms with Crippen LogP contribution in [0.2, 0.25) is 0 Å². The Bertz CT molecular complexity index is 912. The highest BCUT2D eigenvalue weighted by Gasteiger charge is 2.36. The molecule has 1 saturated heterocycles. The Kier molecular flexibility index (Phi) is 6.49. The average molecular weight is 396 g/mol. The molecule has 1 heterocycles. The first-order valence-electron chi connectivity index (χ1n) is 9.61. The van der Waals surface area contributed by atoms with Crippen molar-refractivity contribution in [1.82, 2.24) is 0 Å². The molecular weight excluding hydrogens is 372 g/mol. The molecule has 0 bridgehead atoms. The lowest BCUT2D eigenvalue weighted by Gasteiger charge is -2.20. The first kappa shape index (κ1) is 20.4. The van der Waals surface area contributed by atoms with E-state index in [4.69, 9.17) is 9.84 Å². The number of carbonyl (C=O) groups excluding carboxylic acids is 2. The number of hydrogen-bond acceptors (Lipinski definition) is 4. The third-order valence-corrected chi connectivity index (χ3v) is 4.77. The van der Waals surface area contributed by atoms with E-state index in [2.05, 4.69) is 5.32 Å². The number of hydrogen-bond donors (Lipinski definition) is 2. The number of carbonyl (C=O) groups is 3. The van der Waals surface area contributed by atoms with Gasteiger partial charge in [0.25, 0.3) is 0 Å². The van der Waals surface area contributed by atoms with E-state index in [1.807, 2.05) is 37.3 Å². The molecule has 2 aromatic carbocycles. The quantitative estimate of drug-likeness (QED) is 0.715. The van der Waals surface area contributed by atoms with Crippen molar-refractivity contribution in [3.63, 3.8) is 0 Å². The van der Waals surface area contributed by atoms with Crippen LogP contribution in [0.5, 0.6) is 5.75 Å². The summed E-state index contributed by atoms with van der Waals surface area (Å²) in [4.78, 5) is 37.6. The summed E-state index contributed by atoms with van der Waals surface area (Å²) < 4.78 is 5.61. The number of carboxylic acid groups (broad SMARTS) is 1. The van der Waals surface area contributed by atoms with Gasteiger partial charge in [0.05, 0.1) is 18.2 Å². The first-order valence-corrected chi connectivity index (χ1v) is 9.61. The van der Waals surface area contributed by atoms with Crippen molar-refractivity contribution in [1.29, 1.82) is 0 Å². The van der Waals surface area contributed by atoms with Crippen LogP contribution in [0, 0.1) is 5.92 Å². The number of para-hydroxylation sites is 2. The van der Waals surface area contributed by atoms with E-state index in [1.54, 1.807) is 23.1 Å². The first-order chi connectivity index (χ1) is 14.0. The standard InChI is InChI=1S/C22H24N2O5/c1-2-29-19-9-4-3-8-18(19)24-14-16(13-20(24)25)22(28)23-17-7-5-6-15(12-17)10-11-21(26)27/h3-9,12,16H,2,10-11,13-14H2,1H3,(H,23,28)(H,26,27). The monoisotopic (exact) mass is 396 g/mol. The van der Waals surface area contributed by atoms with Crippen LogP contribution in [-0.4, -0.2) is 36.0 Å². The van der Waals surface area contributed by atoms with E-state index in [1.165, 1.54) is 0 Å². The summed E-state index contributed by atoms with van der Waals surface area (Å²) in [5.74, 6) is -1.07. The maximum absolute atomic E-state index is 12.7. The van der Waals surface area contributed by atoms with Crippen LogP contribution in [-0.2, 0) is 20.8 Å². The van der Waals surface area contributed by atoms with Gasteiger partial charge in [-0.15, -0.1) is 0 Å². The smallest absolute Gasteiger partial charge is 0.303 e.